The standard InChI is InChI=1S/C23H28N6O2S/c1-5-29-21(20(15(2)3)26-22(31)17-10-8-9-16(4)13-17)27-28-23(29)32-14-19(30)25-18-11-6-7-12-24-18/h6-13,15,20H,5,14H2,1-4H3,(H,26,31)(H,24,25,30)/t20-/m1/s1. The van der Waals surface area contributed by atoms with Gasteiger partial charge in [0.1, 0.15) is 5.82 Å². The van der Waals surface area contributed by atoms with E-state index in [2.05, 4.69) is 25.8 Å². The van der Waals surface area contributed by atoms with E-state index < -0.39 is 0 Å². The van der Waals surface area contributed by atoms with Crippen molar-refractivity contribution >= 4 is 29.4 Å². The molecule has 3 aromatic rings. The molecular formula is C23H28N6O2S. The molecular weight excluding hydrogens is 424 g/mol. The molecule has 3 rings (SSSR count). The van der Waals surface area contributed by atoms with Crippen molar-refractivity contribution in [3.8, 4) is 0 Å². The molecule has 0 bridgehead atoms. The van der Waals surface area contributed by atoms with Crippen molar-refractivity contribution in [2.75, 3.05) is 11.1 Å². The number of aryl methyl sites for hydroxylation is 1. The number of anilines is 1. The van der Waals surface area contributed by atoms with Gasteiger partial charge in [-0.2, -0.15) is 0 Å². The third-order valence-corrected chi connectivity index (χ3v) is 5.80. The third kappa shape index (κ3) is 5.94. The highest BCUT2D eigenvalue weighted by Crippen LogP contribution is 2.25. The largest absolute Gasteiger partial charge is 0.342 e. The average Bonchev–Trinajstić information content (AvgIpc) is 3.18. The summed E-state index contributed by atoms with van der Waals surface area (Å²) in [6, 6.07) is 12.5. The first-order valence-corrected chi connectivity index (χ1v) is 11.5. The van der Waals surface area contributed by atoms with Crippen molar-refractivity contribution < 1.29 is 9.59 Å². The third-order valence-electron chi connectivity index (χ3n) is 4.84. The molecule has 2 aromatic heterocycles. The minimum atomic E-state index is -0.313. The van der Waals surface area contributed by atoms with Crippen molar-refractivity contribution in [3.63, 3.8) is 0 Å². The first-order chi connectivity index (χ1) is 15.4. The molecule has 0 saturated heterocycles. The first kappa shape index (κ1) is 23.5. The molecule has 0 unspecified atom stereocenters. The number of nitrogens with one attached hydrogen (secondary N) is 2. The zero-order valence-corrected chi connectivity index (χ0v) is 19.5. The summed E-state index contributed by atoms with van der Waals surface area (Å²) >= 11 is 1.30. The molecule has 0 radical (unpaired) electrons. The fraction of sp³-hybridized carbons (Fsp3) is 0.348. The van der Waals surface area contributed by atoms with E-state index in [1.807, 2.05) is 56.5 Å². The van der Waals surface area contributed by atoms with Crippen molar-refractivity contribution in [1.29, 1.82) is 0 Å². The fourth-order valence-electron chi connectivity index (χ4n) is 3.22. The number of nitrogens with zero attached hydrogens (tertiary/aromatic N) is 4. The number of amides is 2. The fourth-order valence-corrected chi connectivity index (χ4v) is 4.03. The Morgan fingerprint density at radius 1 is 1.12 bits per heavy atom. The smallest absolute Gasteiger partial charge is 0.251 e. The van der Waals surface area contributed by atoms with E-state index >= 15 is 0 Å². The van der Waals surface area contributed by atoms with Crippen molar-refractivity contribution in [2.24, 2.45) is 5.92 Å². The monoisotopic (exact) mass is 452 g/mol. The van der Waals surface area contributed by atoms with Crippen LogP contribution in [0.1, 0.15) is 48.6 Å². The lowest BCUT2D eigenvalue weighted by Crippen LogP contribution is -2.33. The average molecular weight is 453 g/mol. The molecule has 0 aliphatic heterocycles. The van der Waals surface area contributed by atoms with E-state index in [4.69, 9.17) is 0 Å². The van der Waals surface area contributed by atoms with Crippen LogP contribution in [0.15, 0.2) is 53.8 Å². The maximum atomic E-state index is 12.8. The molecule has 9 heteroatoms. The zero-order valence-electron chi connectivity index (χ0n) is 18.7. The highest BCUT2D eigenvalue weighted by Gasteiger charge is 2.26. The summed E-state index contributed by atoms with van der Waals surface area (Å²) in [5.74, 6) is 1.14. The van der Waals surface area contributed by atoms with Crippen LogP contribution in [-0.4, -0.2) is 37.3 Å². The quantitative estimate of drug-likeness (QED) is 0.478. The SMILES string of the molecule is CCn1c(SCC(=O)Nc2ccccn2)nnc1[C@H](NC(=O)c1cccc(C)c1)C(C)C. The topological polar surface area (TPSA) is 102 Å². The normalized spacial score (nSPS) is 11.9. The number of pyridine rings is 1. The van der Waals surface area contributed by atoms with E-state index in [1.54, 1.807) is 24.4 Å². The van der Waals surface area contributed by atoms with Gasteiger partial charge in [-0.1, -0.05) is 49.4 Å². The molecule has 2 N–H and O–H groups in total. The van der Waals surface area contributed by atoms with E-state index in [0.717, 1.165) is 5.56 Å². The summed E-state index contributed by atoms with van der Waals surface area (Å²) < 4.78 is 1.94. The van der Waals surface area contributed by atoms with Crippen LogP contribution >= 0.6 is 11.8 Å². The Morgan fingerprint density at radius 3 is 2.59 bits per heavy atom. The molecule has 1 atom stereocenters. The second-order valence-electron chi connectivity index (χ2n) is 7.70. The van der Waals surface area contributed by atoms with Crippen LogP contribution in [0.2, 0.25) is 0 Å². The van der Waals surface area contributed by atoms with Crippen molar-refractivity contribution in [3.05, 3.63) is 65.6 Å². The lowest BCUT2D eigenvalue weighted by atomic mass is 10.0. The Labute approximate surface area is 192 Å². The summed E-state index contributed by atoms with van der Waals surface area (Å²) in [7, 11) is 0. The Bertz CT molecular complexity index is 1070. The van der Waals surface area contributed by atoms with Gasteiger partial charge in [-0.25, -0.2) is 4.98 Å². The van der Waals surface area contributed by atoms with Gasteiger partial charge in [0.2, 0.25) is 5.91 Å². The van der Waals surface area contributed by atoms with Crippen LogP contribution in [0.5, 0.6) is 0 Å². The predicted octanol–water partition coefficient (Wildman–Crippen LogP) is 3.86. The number of rotatable bonds is 9. The van der Waals surface area contributed by atoms with Gasteiger partial charge in [0.25, 0.3) is 5.91 Å². The molecule has 168 valence electrons. The molecule has 1 aromatic carbocycles. The molecule has 2 heterocycles. The van der Waals surface area contributed by atoms with Crippen LogP contribution in [0.25, 0.3) is 0 Å². The Balaban J connectivity index is 1.72. The van der Waals surface area contributed by atoms with Gasteiger partial charge in [0.05, 0.1) is 11.8 Å². The zero-order chi connectivity index (χ0) is 23.1. The van der Waals surface area contributed by atoms with Gasteiger partial charge in [0, 0.05) is 18.3 Å². The number of aromatic nitrogens is 4. The molecule has 0 spiro atoms. The summed E-state index contributed by atoms with van der Waals surface area (Å²) in [5.41, 5.74) is 1.64. The van der Waals surface area contributed by atoms with E-state index in [0.29, 0.717) is 28.9 Å². The van der Waals surface area contributed by atoms with Crippen LogP contribution in [-0.2, 0) is 11.3 Å². The van der Waals surface area contributed by atoms with Gasteiger partial charge < -0.3 is 15.2 Å². The number of hydrogen-bond donors (Lipinski definition) is 2. The minimum absolute atomic E-state index is 0.101. The number of thioether (sulfide) groups is 1. The van der Waals surface area contributed by atoms with Crippen molar-refractivity contribution in [1.82, 2.24) is 25.1 Å². The van der Waals surface area contributed by atoms with E-state index in [1.165, 1.54) is 11.8 Å². The number of carbonyl (C=O) groups is 2. The lowest BCUT2D eigenvalue weighted by Gasteiger charge is -2.22. The first-order valence-electron chi connectivity index (χ1n) is 10.5. The summed E-state index contributed by atoms with van der Waals surface area (Å²) in [4.78, 5) is 29.2. The van der Waals surface area contributed by atoms with E-state index in [-0.39, 0.29) is 29.5 Å². The molecule has 8 nitrogen and oxygen atoms in total. The second kappa shape index (κ2) is 10.9. The highest BCUT2D eigenvalue weighted by molar-refractivity contribution is 7.99. The van der Waals surface area contributed by atoms with Crippen LogP contribution in [0.3, 0.4) is 0 Å². The van der Waals surface area contributed by atoms with Gasteiger partial charge in [-0.15, -0.1) is 10.2 Å². The van der Waals surface area contributed by atoms with Crippen LogP contribution in [0, 0.1) is 12.8 Å². The summed E-state index contributed by atoms with van der Waals surface area (Å²) in [6.07, 6.45) is 1.62. The van der Waals surface area contributed by atoms with E-state index in [9.17, 15) is 9.59 Å². The highest BCUT2D eigenvalue weighted by atomic mass is 32.2. The van der Waals surface area contributed by atoms with Gasteiger partial charge in [0.15, 0.2) is 11.0 Å². The summed E-state index contributed by atoms with van der Waals surface area (Å²) in [5, 5.41) is 15.2. The molecule has 0 aliphatic rings. The van der Waals surface area contributed by atoms with Crippen LogP contribution in [0.4, 0.5) is 5.82 Å². The minimum Gasteiger partial charge on any atom is -0.342 e. The molecule has 32 heavy (non-hydrogen) atoms. The molecule has 0 fully saturated rings. The maximum absolute atomic E-state index is 12.8. The lowest BCUT2D eigenvalue weighted by molar-refractivity contribution is -0.113. The molecule has 2 amide bonds. The molecule has 0 saturated carbocycles. The Kier molecular flexibility index (Phi) is 7.99. The Morgan fingerprint density at radius 2 is 1.94 bits per heavy atom. The van der Waals surface area contributed by atoms with Crippen molar-refractivity contribution in [2.45, 2.75) is 45.4 Å². The predicted molar refractivity (Wildman–Crippen MR) is 126 cm³/mol. The number of benzene rings is 1. The van der Waals surface area contributed by atoms with Crippen LogP contribution < -0.4 is 10.6 Å². The van der Waals surface area contributed by atoms with Gasteiger partial charge >= 0.3 is 0 Å². The maximum Gasteiger partial charge on any atom is 0.251 e. The van der Waals surface area contributed by atoms with Gasteiger partial charge in [-0.05, 0) is 44.0 Å². The second-order valence-corrected chi connectivity index (χ2v) is 8.64. The van der Waals surface area contributed by atoms with Gasteiger partial charge in [-0.3, -0.25) is 9.59 Å². The Hall–Kier alpha value is -3.20. The summed E-state index contributed by atoms with van der Waals surface area (Å²) in [6.45, 7) is 8.63. The number of hydrogen-bond acceptors (Lipinski definition) is 6. The number of carbonyl (C=O) groups excluding carboxylic acids is 2. The molecule has 0 aliphatic carbocycles.